The third kappa shape index (κ3) is 5.64. The molecule has 1 aromatic heterocycles. The van der Waals surface area contributed by atoms with E-state index in [2.05, 4.69) is 29.3 Å². The fraction of sp³-hybridized carbons (Fsp3) is 0.217. The Morgan fingerprint density at radius 3 is 2.43 bits per heavy atom. The zero-order chi connectivity index (χ0) is 21.5. The lowest BCUT2D eigenvalue weighted by Gasteiger charge is -2.07. The van der Waals surface area contributed by atoms with Gasteiger partial charge in [-0.05, 0) is 23.1 Å². The second kappa shape index (κ2) is 9.65. The summed E-state index contributed by atoms with van der Waals surface area (Å²) >= 11 is 0. The quantitative estimate of drug-likeness (QED) is 0.470. The number of rotatable bonds is 7. The van der Waals surface area contributed by atoms with Crippen LogP contribution in [-0.4, -0.2) is 22.0 Å². The zero-order valence-electron chi connectivity index (χ0n) is 17.1. The maximum atomic E-state index is 12.4. The number of aromatic nitrogens is 2. The molecule has 1 amide bonds. The number of carbonyl (C=O) groups excluding carboxylic acids is 2. The van der Waals surface area contributed by atoms with E-state index in [1.807, 2.05) is 54.6 Å². The maximum absolute atomic E-state index is 12.4. The highest BCUT2D eigenvalue weighted by molar-refractivity contribution is 5.97. The van der Waals surface area contributed by atoms with Crippen LogP contribution in [0.15, 0.2) is 64.8 Å². The molecule has 0 aliphatic rings. The zero-order valence-corrected chi connectivity index (χ0v) is 17.1. The van der Waals surface area contributed by atoms with E-state index in [0.29, 0.717) is 11.7 Å². The summed E-state index contributed by atoms with van der Waals surface area (Å²) < 4.78 is 10.4. The third-order valence-corrected chi connectivity index (χ3v) is 4.27. The van der Waals surface area contributed by atoms with Crippen LogP contribution in [0.4, 0.5) is 0 Å². The van der Waals surface area contributed by atoms with Gasteiger partial charge in [-0.1, -0.05) is 73.6 Å². The second-order valence-corrected chi connectivity index (χ2v) is 7.01. The van der Waals surface area contributed by atoms with Crippen LogP contribution in [-0.2, 0) is 20.9 Å². The number of esters is 1. The van der Waals surface area contributed by atoms with Gasteiger partial charge in [0.1, 0.15) is 5.70 Å². The highest BCUT2D eigenvalue weighted by Gasteiger charge is 2.16. The molecule has 3 aromatic rings. The lowest BCUT2D eigenvalue weighted by Crippen LogP contribution is -2.26. The number of benzene rings is 2. The van der Waals surface area contributed by atoms with Crippen molar-refractivity contribution in [3.63, 3.8) is 0 Å². The van der Waals surface area contributed by atoms with Crippen molar-refractivity contribution in [2.24, 2.45) is 0 Å². The SMILES string of the molecule is CC(=O)N/C(=C\c1ccccc1)C(=O)OCc1nc(-c2ccc(C(C)C)cc2)no1. The van der Waals surface area contributed by atoms with E-state index in [9.17, 15) is 9.59 Å². The number of hydrogen-bond donors (Lipinski definition) is 1. The van der Waals surface area contributed by atoms with Gasteiger partial charge in [-0.3, -0.25) is 4.79 Å². The molecule has 3 rings (SSSR count). The standard InChI is InChI=1S/C23H23N3O4/c1-15(2)18-9-11-19(12-10-18)22-25-21(30-26-22)14-29-23(28)20(24-16(3)27)13-17-7-5-4-6-8-17/h4-13,15H,14H2,1-3H3,(H,24,27)/b20-13-. The Bertz CT molecular complexity index is 1040. The monoisotopic (exact) mass is 405 g/mol. The molecule has 30 heavy (non-hydrogen) atoms. The molecule has 7 heteroatoms. The van der Waals surface area contributed by atoms with Gasteiger partial charge in [-0.25, -0.2) is 4.79 Å². The summed E-state index contributed by atoms with van der Waals surface area (Å²) in [6.07, 6.45) is 1.54. The molecule has 0 radical (unpaired) electrons. The number of hydrogen-bond acceptors (Lipinski definition) is 6. The minimum atomic E-state index is -0.699. The number of nitrogens with zero attached hydrogens (tertiary/aromatic N) is 2. The van der Waals surface area contributed by atoms with Gasteiger partial charge in [0.25, 0.3) is 5.89 Å². The summed E-state index contributed by atoms with van der Waals surface area (Å²) in [5.74, 6) is -0.0679. The van der Waals surface area contributed by atoms with Crippen LogP contribution in [0.25, 0.3) is 17.5 Å². The van der Waals surface area contributed by atoms with Gasteiger partial charge in [-0.15, -0.1) is 0 Å². The number of ether oxygens (including phenoxy) is 1. The first-order valence-electron chi connectivity index (χ1n) is 9.56. The molecule has 0 saturated carbocycles. The maximum Gasteiger partial charge on any atom is 0.355 e. The normalized spacial score (nSPS) is 11.4. The number of nitrogens with one attached hydrogen (secondary N) is 1. The summed E-state index contributed by atoms with van der Waals surface area (Å²) in [7, 11) is 0. The van der Waals surface area contributed by atoms with Crippen LogP contribution in [0.5, 0.6) is 0 Å². The first-order chi connectivity index (χ1) is 14.4. The molecule has 1 N–H and O–H groups in total. The predicted molar refractivity (Wildman–Crippen MR) is 112 cm³/mol. The van der Waals surface area contributed by atoms with Crippen molar-refractivity contribution in [1.29, 1.82) is 0 Å². The molecule has 0 saturated heterocycles. The number of amides is 1. The molecule has 1 heterocycles. The van der Waals surface area contributed by atoms with Crippen LogP contribution >= 0.6 is 0 Å². The Morgan fingerprint density at radius 1 is 1.10 bits per heavy atom. The van der Waals surface area contributed by atoms with Gasteiger partial charge in [0.15, 0.2) is 6.61 Å². The Balaban J connectivity index is 1.67. The van der Waals surface area contributed by atoms with Crippen LogP contribution < -0.4 is 5.32 Å². The molecule has 0 aliphatic heterocycles. The second-order valence-electron chi connectivity index (χ2n) is 7.01. The van der Waals surface area contributed by atoms with E-state index in [1.165, 1.54) is 12.5 Å². The highest BCUT2D eigenvalue weighted by atomic mass is 16.6. The molecule has 2 aromatic carbocycles. The van der Waals surface area contributed by atoms with Crippen molar-refractivity contribution in [3.8, 4) is 11.4 Å². The Morgan fingerprint density at radius 2 is 1.80 bits per heavy atom. The van der Waals surface area contributed by atoms with E-state index in [4.69, 9.17) is 9.26 Å². The van der Waals surface area contributed by atoms with Gasteiger partial charge < -0.3 is 14.6 Å². The van der Waals surface area contributed by atoms with E-state index in [-0.39, 0.29) is 24.1 Å². The van der Waals surface area contributed by atoms with Crippen molar-refractivity contribution in [2.45, 2.75) is 33.3 Å². The third-order valence-electron chi connectivity index (χ3n) is 4.27. The molecule has 0 bridgehead atoms. The molecule has 0 fully saturated rings. The summed E-state index contributed by atoms with van der Waals surface area (Å²) in [6, 6.07) is 17.0. The van der Waals surface area contributed by atoms with E-state index >= 15 is 0 Å². The van der Waals surface area contributed by atoms with Gasteiger partial charge in [-0.2, -0.15) is 4.98 Å². The average molecular weight is 405 g/mol. The van der Waals surface area contributed by atoms with Crippen molar-refractivity contribution >= 4 is 18.0 Å². The first-order valence-corrected chi connectivity index (χ1v) is 9.56. The fourth-order valence-corrected chi connectivity index (χ4v) is 2.70. The van der Waals surface area contributed by atoms with Crippen LogP contribution in [0.1, 0.15) is 43.7 Å². The minimum absolute atomic E-state index is 0.0257. The topological polar surface area (TPSA) is 94.3 Å². The largest absolute Gasteiger partial charge is 0.451 e. The lowest BCUT2D eigenvalue weighted by atomic mass is 10.0. The van der Waals surface area contributed by atoms with Crippen molar-refractivity contribution in [2.75, 3.05) is 0 Å². The Kier molecular flexibility index (Phi) is 6.75. The lowest BCUT2D eigenvalue weighted by molar-refractivity contribution is -0.142. The predicted octanol–water partition coefficient (Wildman–Crippen LogP) is 4.08. The van der Waals surface area contributed by atoms with Gasteiger partial charge in [0.05, 0.1) is 0 Å². The fourth-order valence-electron chi connectivity index (χ4n) is 2.70. The summed E-state index contributed by atoms with van der Waals surface area (Å²) in [6.45, 7) is 5.36. The van der Waals surface area contributed by atoms with Crippen LogP contribution in [0.3, 0.4) is 0 Å². The molecular weight excluding hydrogens is 382 g/mol. The summed E-state index contributed by atoms with van der Waals surface area (Å²) in [4.78, 5) is 28.2. The van der Waals surface area contributed by atoms with Crippen LogP contribution in [0.2, 0.25) is 0 Å². The molecule has 0 atom stereocenters. The smallest absolute Gasteiger partial charge is 0.355 e. The molecule has 7 nitrogen and oxygen atoms in total. The molecule has 0 aliphatic carbocycles. The molecule has 0 spiro atoms. The molecule has 0 unspecified atom stereocenters. The summed E-state index contributed by atoms with van der Waals surface area (Å²) in [5.41, 5.74) is 2.80. The summed E-state index contributed by atoms with van der Waals surface area (Å²) in [5, 5.41) is 6.43. The minimum Gasteiger partial charge on any atom is -0.451 e. The van der Waals surface area contributed by atoms with E-state index < -0.39 is 5.97 Å². The van der Waals surface area contributed by atoms with Gasteiger partial charge in [0.2, 0.25) is 11.7 Å². The van der Waals surface area contributed by atoms with E-state index in [0.717, 1.165) is 11.1 Å². The first kappa shape index (κ1) is 21.0. The molecule has 154 valence electrons. The molecular formula is C23H23N3O4. The average Bonchev–Trinajstić information content (AvgIpc) is 3.21. The van der Waals surface area contributed by atoms with Crippen LogP contribution in [0, 0.1) is 0 Å². The van der Waals surface area contributed by atoms with Crippen molar-refractivity contribution < 1.29 is 18.8 Å². The Labute approximate surface area is 174 Å². The van der Waals surface area contributed by atoms with Gasteiger partial charge >= 0.3 is 5.97 Å². The van der Waals surface area contributed by atoms with Gasteiger partial charge in [0, 0.05) is 12.5 Å². The van der Waals surface area contributed by atoms with Crippen molar-refractivity contribution in [3.05, 3.63) is 77.3 Å². The number of carbonyl (C=O) groups is 2. The van der Waals surface area contributed by atoms with E-state index in [1.54, 1.807) is 6.08 Å². The highest BCUT2D eigenvalue weighted by Crippen LogP contribution is 2.20. The van der Waals surface area contributed by atoms with Crippen molar-refractivity contribution in [1.82, 2.24) is 15.5 Å². The Hall–Kier alpha value is -3.74.